The van der Waals surface area contributed by atoms with Gasteiger partial charge in [-0.15, -0.1) is 0 Å². The van der Waals surface area contributed by atoms with E-state index in [1.807, 2.05) is 11.8 Å². The molecular weight excluding hydrogens is 246 g/mol. The molecule has 0 aliphatic rings. The highest BCUT2D eigenvalue weighted by atomic mass is 16.4. The SMILES string of the molecule is CCCCCCN(CCC(=O)O)CC(CC)C(=O)O. The summed E-state index contributed by atoms with van der Waals surface area (Å²) in [7, 11) is 0. The number of hydrogen-bond donors (Lipinski definition) is 2. The van der Waals surface area contributed by atoms with Crippen LogP contribution in [0.1, 0.15) is 52.4 Å². The molecule has 2 N–H and O–H groups in total. The summed E-state index contributed by atoms with van der Waals surface area (Å²) in [6.07, 6.45) is 5.09. The number of carboxylic acids is 2. The van der Waals surface area contributed by atoms with Crippen LogP contribution in [0.3, 0.4) is 0 Å². The summed E-state index contributed by atoms with van der Waals surface area (Å²) in [6.45, 7) is 5.67. The van der Waals surface area contributed by atoms with Gasteiger partial charge in [0.15, 0.2) is 0 Å². The summed E-state index contributed by atoms with van der Waals surface area (Å²) in [5.74, 6) is -2.03. The van der Waals surface area contributed by atoms with Crippen molar-refractivity contribution in [2.45, 2.75) is 52.4 Å². The van der Waals surface area contributed by atoms with Gasteiger partial charge in [0.2, 0.25) is 0 Å². The molecule has 112 valence electrons. The molecule has 1 unspecified atom stereocenters. The fraction of sp³-hybridized carbons (Fsp3) is 0.857. The Bertz CT molecular complexity index is 268. The molecule has 0 rings (SSSR count). The molecule has 0 fully saturated rings. The average molecular weight is 273 g/mol. The largest absolute Gasteiger partial charge is 0.481 e. The van der Waals surface area contributed by atoms with E-state index in [4.69, 9.17) is 10.2 Å². The van der Waals surface area contributed by atoms with Gasteiger partial charge in [-0.25, -0.2) is 0 Å². The van der Waals surface area contributed by atoms with Crippen molar-refractivity contribution in [3.63, 3.8) is 0 Å². The molecule has 0 radical (unpaired) electrons. The highest BCUT2D eigenvalue weighted by molar-refractivity contribution is 5.70. The lowest BCUT2D eigenvalue weighted by Gasteiger charge is -2.24. The van der Waals surface area contributed by atoms with Crippen molar-refractivity contribution in [2.75, 3.05) is 19.6 Å². The Morgan fingerprint density at radius 3 is 2.21 bits per heavy atom. The van der Waals surface area contributed by atoms with Gasteiger partial charge in [-0.2, -0.15) is 0 Å². The van der Waals surface area contributed by atoms with Crippen LogP contribution in [0.2, 0.25) is 0 Å². The third kappa shape index (κ3) is 9.47. The maximum Gasteiger partial charge on any atom is 0.307 e. The molecular formula is C14H27NO4. The number of unbranched alkanes of at least 4 members (excludes halogenated alkanes) is 3. The van der Waals surface area contributed by atoms with Crippen LogP contribution in [0.4, 0.5) is 0 Å². The highest BCUT2D eigenvalue weighted by Crippen LogP contribution is 2.09. The lowest BCUT2D eigenvalue weighted by Crippen LogP contribution is -2.35. The zero-order valence-corrected chi connectivity index (χ0v) is 12.1. The maximum absolute atomic E-state index is 11.0. The Kier molecular flexibility index (Phi) is 10.2. The number of rotatable bonds is 12. The topological polar surface area (TPSA) is 77.8 Å². The van der Waals surface area contributed by atoms with Crippen molar-refractivity contribution in [3.8, 4) is 0 Å². The van der Waals surface area contributed by atoms with Crippen LogP contribution in [0.15, 0.2) is 0 Å². The maximum atomic E-state index is 11.0. The van der Waals surface area contributed by atoms with Crippen LogP contribution >= 0.6 is 0 Å². The molecule has 0 aromatic heterocycles. The summed E-state index contributed by atoms with van der Waals surface area (Å²) < 4.78 is 0. The van der Waals surface area contributed by atoms with Gasteiger partial charge in [-0.3, -0.25) is 9.59 Å². The summed E-state index contributed by atoms with van der Waals surface area (Å²) in [5, 5.41) is 17.8. The quantitative estimate of drug-likeness (QED) is 0.534. The van der Waals surface area contributed by atoms with Gasteiger partial charge in [-0.1, -0.05) is 33.1 Å². The van der Waals surface area contributed by atoms with Crippen molar-refractivity contribution in [3.05, 3.63) is 0 Å². The van der Waals surface area contributed by atoms with Crippen molar-refractivity contribution in [1.82, 2.24) is 4.90 Å². The molecule has 0 aromatic rings. The molecule has 0 aliphatic carbocycles. The molecule has 0 saturated carbocycles. The third-order valence-corrected chi connectivity index (χ3v) is 3.29. The minimum atomic E-state index is -0.832. The standard InChI is InChI=1S/C14H27NO4/c1-3-5-6-7-9-15(10-8-13(16)17)11-12(4-2)14(18)19/h12H,3-11H2,1-2H3,(H,16,17)(H,18,19). The summed E-state index contributed by atoms with van der Waals surface area (Å²) in [5.41, 5.74) is 0. The molecule has 0 aromatic carbocycles. The summed E-state index contributed by atoms with van der Waals surface area (Å²) in [4.78, 5) is 23.6. The first kappa shape index (κ1) is 17.9. The first-order valence-corrected chi connectivity index (χ1v) is 7.18. The second kappa shape index (κ2) is 10.8. The molecule has 0 bridgehead atoms. The van der Waals surface area contributed by atoms with E-state index in [2.05, 4.69) is 6.92 Å². The third-order valence-electron chi connectivity index (χ3n) is 3.29. The van der Waals surface area contributed by atoms with Crippen LogP contribution in [0, 0.1) is 5.92 Å². The number of hydrogen-bond acceptors (Lipinski definition) is 3. The van der Waals surface area contributed by atoms with Crippen molar-refractivity contribution >= 4 is 11.9 Å². The predicted octanol–water partition coefficient (Wildman–Crippen LogP) is 2.45. The number of nitrogens with zero attached hydrogens (tertiary/aromatic N) is 1. The molecule has 5 nitrogen and oxygen atoms in total. The summed E-state index contributed by atoms with van der Waals surface area (Å²) in [6, 6.07) is 0. The highest BCUT2D eigenvalue weighted by Gasteiger charge is 2.19. The number of carboxylic acid groups (broad SMARTS) is 2. The van der Waals surface area contributed by atoms with Crippen molar-refractivity contribution in [1.29, 1.82) is 0 Å². The van der Waals surface area contributed by atoms with E-state index in [9.17, 15) is 9.59 Å². The van der Waals surface area contributed by atoms with Crippen LogP contribution < -0.4 is 0 Å². The first-order valence-electron chi connectivity index (χ1n) is 7.18. The van der Waals surface area contributed by atoms with E-state index in [1.54, 1.807) is 0 Å². The Hall–Kier alpha value is -1.10. The van der Waals surface area contributed by atoms with Gasteiger partial charge in [0.1, 0.15) is 0 Å². The zero-order chi connectivity index (χ0) is 14.7. The Morgan fingerprint density at radius 1 is 1.05 bits per heavy atom. The van der Waals surface area contributed by atoms with Gasteiger partial charge < -0.3 is 15.1 Å². The monoisotopic (exact) mass is 273 g/mol. The Labute approximate surface area is 115 Å². The second-order valence-electron chi connectivity index (χ2n) is 4.95. The smallest absolute Gasteiger partial charge is 0.307 e. The number of aliphatic carboxylic acids is 2. The van der Waals surface area contributed by atoms with Crippen LogP contribution in [-0.4, -0.2) is 46.7 Å². The van der Waals surface area contributed by atoms with Gasteiger partial charge in [-0.05, 0) is 19.4 Å². The minimum absolute atomic E-state index is 0.0732. The van der Waals surface area contributed by atoms with E-state index in [0.717, 1.165) is 25.8 Å². The van der Waals surface area contributed by atoms with Crippen LogP contribution in [0.5, 0.6) is 0 Å². The molecule has 0 heterocycles. The Balaban J connectivity index is 4.22. The molecule has 0 amide bonds. The number of carbonyl (C=O) groups is 2. The van der Waals surface area contributed by atoms with Crippen LogP contribution in [0.25, 0.3) is 0 Å². The fourth-order valence-electron chi connectivity index (χ4n) is 2.00. The predicted molar refractivity (Wildman–Crippen MR) is 74.3 cm³/mol. The van der Waals surface area contributed by atoms with Crippen LogP contribution in [-0.2, 0) is 9.59 Å². The normalized spacial score (nSPS) is 12.6. The molecule has 0 spiro atoms. The van der Waals surface area contributed by atoms with Gasteiger partial charge in [0.25, 0.3) is 0 Å². The van der Waals surface area contributed by atoms with E-state index in [0.29, 0.717) is 19.5 Å². The van der Waals surface area contributed by atoms with Gasteiger partial charge >= 0.3 is 11.9 Å². The minimum Gasteiger partial charge on any atom is -0.481 e. The van der Waals surface area contributed by atoms with E-state index < -0.39 is 17.9 Å². The zero-order valence-electron chi connectivity index (χ0n) is 12.1. The fourth-order valence-corrected chi connectivity index (χ4v) is 2.00. The molecule has 1 atom stereocenters. The van der Waals surface area contributed by atoms with E-state index >= 15 is 0 Å². The van der Waals surface area contributed by atoms with Gasteiger partial charge in [0.05, 0.1) is 12.3 Å². The van der Waals surface area contributed by atoms with E-state index in [-0.39, 0.29) is 6.42 Å². The lowest BCUT2D eigenvalue weighted by molar-refractivity contribution is -0.142. The molecule has 0 aliphatic heterocycles. The summed E-state index contributed by atoms with van der Waals surface area (Å²) >= 11 is 0. The van der Waals surface area contributed by atoms with Gasteiger partial charge in [0, 0.05) is 13.1 Å². The van der Waals surface area contributed by atoms with E-state index in [1.165, 1.54) is 6.42 Å². The van der Waals surface area contributed by atoms with Crippen molar-refractivity contribution in [2.24, 2.45) is 5.92 Å². The van der Waals surface area contributed by atoms with Crippen molar-refractivity contribution < 1.29 is 19.8 Å². The first-order chi connectivity index (χ1) is 9.01. The molecule has 19 heavy (non-hydrogen) atoms. The average Bonchev–Trinajstić information content (AvgIpc) is 2.36. The second-order valence-corrected chi connectivity index (χ2v) is 4.95. The molecule has 5 heteroatoms. The lowest BCUT2D eigenvalue weighted by atomic mass is 10.1. The Morgan fingerprint density at radius 2 is 1.74 bits per heavy atom. The molecule has 0 saturated heterocycles.